The molecule has 0 aliphatic heterocycles. The fourth-order valence-electron chi connectivity index (χ4n) is 2.00. The van der Waals surface area contributed by atoms with Crippen molar-refractivity contribution in [2.45, 2.75) is 45.7 Å². The molecule has 2 unspecified atom stereocenters. The molecule has 3 N–H and O–H groups in total. The second kappa shape index (κ2) is 7.79. The number of para-hydroxylation sites is 1. The molecule has 0 radical (unpaired) electrons. The molecule has 1 aromatic carbocycles. The van der Waals surface area contributed by atoms with Gasteiger partial charge in [-0.3, -0.25) is 4.79 Å². The first kappa shape index (κ1) is 15.5. The van der Waals surface area contributed by atoms with Crippen LogP contribution < -0.4 is 15.8 Å². The van der Waals surface area contributed by atoms with E-state index in [4.69, 9.17) is 10.5 Å². The molecule has 2 atom stereocenters. The topological polar surface area (TPSA) is 64.3 Å². The molecular weight excluding hydrogens is 240 g/mol. The summed E-state index contributed by atoms with van der Waals surface area (Å²) in [6.07, 6.45) is 1.15. The molecule has 4 nitrogen and oxygen atoms in total. The maximum atomic E-state index is 11.8. The van der Waals surface area contributed by atoms with E-state index < -0.39 is 0 Å². The molecule has 106 valence electrons. The van der Waals surface area contributed by atoms with Crippen molar-refractivity contribution in [3.8, 4) is 5.75 Å². The van der Waals surface area contributed by atoms with Gasteiger partial charge in [-0.1, -0.05) is 25.1 Å². The molecule has 0 bridgehead atoms. The fraction of sp³-hybridized carbons (Fsp3) is 0.533. The molecule has 0 heterocycles. The summed E-state index contributed by atoms with van der Waals surface area (Å²) in [7, 11) is 0. The number of hydrogen-bond donors (Lipinski definition) is 2. The summed E-state index contributed by atoms with van der Waals surface area (Å²) in [6.45, 7) is 6.43. The molecule has 0 aromatic heterocycles. The minimum atomic E-state index is -0.125. The lowest BCUT2D eigenvalue weighted by molar-refractivity contribution is -0.122. The van der Waals surface area contributed by atoms with Crippen molar-refractivity contribution < 1.29 is 9.53 Å². The third kappa shape index (κ3) is 4.91. The highest BCUT2D eigenvalue weighted by Gasteiger charge is 2.17. The predicted molar refractivity (Wildman–Crippen MR) is 77.1 cm³/mol. The Labute approximate surface area is 115 Å². The summed E-state index contributed by atoms with van der Waals surface area (Å²) in [5, 5.41) is 3.01. The van der Waals surface area contributed by atoms with Crippen LogP contribution in [0.1, 0.15) is 45.2 Å². The van der Waals surface area contributed by atoms with Crippen molar-refractivity contribution in [2.75, 3.05) is 6.61 Å². The lowest BCUT2D eigenvalue weighted by atomic mass is 10.0. The van der Waals surface area contributed by atoms with Gasteiger partial charge in [-0.05, 0) is 26.3 Å². The van der Waals surface area contributed by atoms with E-state index >= 15 is 0 Å². The van der Waals surface area contributed by atoms with Gasteiger partial charge in [0, 0.05) is 18.0 Å². The van der Waals surface area contributed by atoms with E-state index in [-0.39, 0.29) is 18.0 Å². The van der Waals surface area contributed by atoms with E-state index in [9.17, 15) is 4.79 Å². The van der Waals surface area contributed by atoms with Crippen LogP contribution >= 0.6 is 0 Å². The van der Waals surface area contributed by atoms with Crippen LogP contribution in [0.3, 0.4) is 0 Å². The number of hydrogen-bond acceptors (Lipinski definition) is 3. The Bertz CT molecular complexity index is 405. The summed E-state index contributed by atoms with van der Waals surface area (Å²) >= 11 is 0. The Balaban J connectivity index is 2.82. The summed E-state index contributed by atoms with van der Waals surface area (Å²) in [5.41, 5.74) is 6.66. The van der Waals surface area contributed by atoms with Crippen LogP contribution in [-0.4, -0.2) is 18.6 Å². The summed E-state index contributed by atoms with van der Waals surface area (Å²) in [4.78, 5) is 11.8. The van der Waals surface area contributed by atoms with E-state index in [0.717, 1.165) is 17.7 Å². The number of rotatable bonds is 7. The lowest BCUT2D eigenvalue weighted by Crippen LogP contribution is -2.32. The molecule has 0 spiro atoms. The summed E-state index contributed by atoms with van der Waals surface area (Å²) < 4.78 is 5.61. The van der Waals surface area contributed by atoms with Gasteiger partial charge in [-0.25, -0.2) is 0 Å². The molecule has 1 amide bonds. The minimum Gasteiger partial charge on any atom is -0.494 e. The average molecular weight is 264 g/mol. The Kier molecular flexibility index (Phi) is 6.36. The zero-order chi connectivity index (χ0) is 14.3. The first-order valence-electron chi connectivity index (χ1n) is 6.85. The van der Waals surface area contributed by atoms with Gasteiger partial charge < -0.3 is 15.8 Å². The number of nitrogens with one attached hydrogen (secondary N) is 1. The maximum absolute atomic E-state index is 11.8. The molecule has 0 saturated carbocycles. The van der Waals surface area contributed by atoms with Gasteiger partial charge in [-0.15, -0.1) is 0 Å². The fourth-order valence-corrected chi connectivity index (χ4v) is 2.00. The average Bonchev–Trinajstić information content (AvgIpc) is 2.36. The summed E-state index contributed by atoms with van der Waals surface area (Å²) in [5.74, 6) is 0.811. The Morgan fingerprint density at radius 1 is 1.37 bits per heavy atom. The van der Waals surface area contributed by atoms with Crippen LogP contribution in [0.15, 0.2) is 24.3 Å². The van der Waals surface area contributed by atoms with Crippen LogP contribution in [0, 0.1) is 0 Å². The number of benzene rings is 1. The SMILES string of the molecule is CCOc1ccccc1C(CC)NC(=O)CC(C)N. The van der Waals surface area contributed by atoms with Gasteiger partial charge in [0.1, 0.15) is 5.75 Å². The number of carbonyl (C=O) groups excluding carboxylic acids is 1. The highest BCUT2D eigenvalue weighted by molar-refractivity contribution is 5.77. The van der Waals surface area contributed by atoms with Crippen molar-refractivity contribution in [1.29, 1.82) is 0 Å². The van der Waals surface area contributed by atoms with Gasteiger partial charge in [0.05, 0.1) is 12.6 Å². The second-order valence-corrected chi connectivity index (χ2v) is 4.68. The quantitative estimate of drug-likeness (QED) is 0.794. The van der Waals surface area contributed by atoms with Gasteiger partial charge in [0.25, 0.3) is 0 Å². The monoisotopic (exact) mass is 264 g/mol. The van der Waals surface area contributed by atoms with E-state index in [1.54, 1.807) is 0 Å². The van der Waals surface area contributed by atoms with E-state index in [1.807, 2.05) is 45.0 Å². The molecule has 0 aliphatic carbocycles. The molecule has 0 aliphatic rings. The maximum Gasteiger partial charge on any atom is 0.222 e. The first-order valence-corrected chi connectivity index (χ1v) is 6.85. The van der Waals surface area contributed by atoms with Crippen LogP contribution in [0.25, 0.3) is 0 Å². The van der Waals surface area contributed by atoms with Crippen LogP contribution in [0.4, 0.5) is 0 Å². The first-order chi connectivity index (χ1) is 9.08. The van der Waals surface area contributed by atoms with Crippen molar-refractivity contribution >= 4 is 5.91 Å². The van der Waals surface area contributed by atoms with Gasteiger partial charge in [0.2, 0.25) is 5.91 Å². The smallest absolute Gasteiger partial charge is 0.222 e. The molecule has 4 heteroatoms. The minimum absolute atomic E-state index is 0.0202. The third-order valence-electron chi connectivity index (χ3n) is 2.85. The highest BCUT2D eigenvalue weighted by Crippen LogP contribution is 2.27. The van der Waals surface area contributed by atoms with Gasteiger partial charge >= 0.3 is 0 Å². The zero-order valence-electron chi connectivity index (χ0n) is 12.0. The molecule has 0 fully saturated rings. The molecule has 1 rings (SSSR count). The predicted octanol–water partition coefficient (Wildman–Crippen LogP) is 2.39. The lowest BCUT2D eigenvalue weighted by Gasteiger charge is -2.21. The molecule has 1 aromatic rings. The van der Waals surface area contributed by atoms with E-state index in [1.165, 1.54) is 0 Å². The number of ether oxygens (including phenoxy) is 1. The van der Waals surface area contributed by atoms with Crippen LogP contribution in [0.5, 0.6) is 5.75 Å². The van der Waals surface area contributed by atoms with E-state index in [0.29, 0.717) is 13.0 Å². The molecule has 0 saturated heterocycles. The van der Waals surface area contributed by atoms with Gasteiger partial charge in [-0.2, -0.15) is 0 Å². The molecule has 19 heavy (non-hydrogen) atoms. The standard InChI is InChI=1S/C15H24N2O2/c1-4-13(17-15(18)10-11(3)16)12-8-6-7-9-14(12)19-5-2/h6-9,11,13H,4-5,10,16H2,1-3H3,(H,17,18). The van der Waals surface area contributed by atoms with Crippen molar-refractivity contribution in [1.82, 2.24) is 5.32 Å². The normalized spacial score (nSPS) is 13.7. The zero-order valence-corrected chi connectivity index (χ0v) is 12.0. The van der Waals surface area contributed by atoms with Crippen LogP contribution in [-0.2, 0) is 4.79 Å². The Morgan fingerprint density at radius 2 is 2.05 bits per heavy atom. The van der Waals surface area contributed by atoms with Crippen LogP contribution in [0.2, 0.25) is 0 Å². The van der Waals surface area contributed by atoms with Crippen molar-refractivity contribution in [3.05, 3.63) is 29.8 Å². The highest BCUT2D eigenvalue weighted by atomic mass is 16.5. The Morgan fingerprint density at radius 3 is 2.63 bits per heavy atom. The van der Waals surface area contributed by atoms with Crippen molar-refractivity contribution in [2.24, 2.45) is 5.73 Å². The largest absolute Gasteiger partial charge is 0.494 e. The number of carbonyl (C=O) groups is 1. The Hall–Kier alpha value is -1.55. The number of nitrogens with two attached hydrogens (primary N) is 1. The van der Waals surface area contributed by atoms with Gasteiger partial charge in [0.15, 0.2) is 0 Å². The molecular formula is C15H24N2O2. The van der Waals surface area contributed by atoms with Crippen molar-refractivity contribution in [3.63, 3.8) is 0 Å². The number of amides is 1. The third-order valence-corrected chi connectivity index (χ3v) is 2.85. The second-order valence-electron chi connectivity index (χ2n) is 4.68. The summed E-state index contributed by atoms with van der Waals surface area (Å²) in [6, 6.07) is 7.65. The van der Waals surface area contributed by atoms with E-state index in [2.05, 4.69) is 5.32 Å².